The summed E-state index contributed by atoms with van der Waals surface area (Å²) in [6.45, 7) is 4.00. The van der Waals surface area contributed by atoms with E-state index in [4.69, 9.17) is 5.11 Å². The highest BCUT2D eigenvalue weighted by Gasteiger charge is 2.20. The third-order valence-electron chi connectivity index (χ3n) is 2.15. The summed E-state index contributed by atoms with van der Waals surface area (Å²) >= 11 is 0. The van der Waals surface area contributed by atoms with Crippen molar-refractivity contribution in [2.24, 2.45) is 13.0 Å². The fourth-order valence-electron chi connectivity index (χ4n) is 1.54. The van der Waals surface area contributed by atoms with Crippen molar-refractivity contribution in [3.8, 4) is 0 Å². The van der Waals surface area contributed by atoms with Gasteiger partial charge >= 0.3 is 5.97 Å². The SMILES string of the molecule is CC(C)CN(CC(=O)O)C(=O)c1cnn(C)c1. The maximum absolute atomic E-state index is 12.0. The molecule has 0 aliphatic heterocycles. The summed E-state index contributed by atoms with van der Waals surface area (Å²) in [5.41, 5.74) is 0.411. The van der Waals surface area contributed by atoms with Crippen molar-refractivity contribution >= 4 is 11.9 Å². The fraction of sp³-hybridized carbons (Fsp3) is 0.545. The molecule has 6 nitrogen and oxygen atoms in total. The molecule has 1 amide bonds. The number of hydrogen-bond donors (Lipinski definition) is 1. The third-order valence-corrected chi connectivity index (χ3v) is 2.15. The van der Waals surface area contributed by atoms with E-state index in [1.54, 1.807) is 13.2 Å². The largest absolute Gasteiger partial charge is 0.480 e. The number of carboxylic acids is 1. The van der Waals surface area contributed by atoms with Gasteiger partial charge in [-0.3, -0.25) is 14.3 Å². The highest BCUT2D eigenvalue weighted by molar-refractivity contribution is 5.95. The van der Waals surface area contributed by atoms with Crippen LogP contribution in [0.1, 0.15) is 24.2 Å². The molecular formula is C11H17N3O3. The molecule has 1 N–H and O–H groups in total. The van der Waals surface area contributed by atoms with Gasteiger partial charge in [0.05, 0.1) is 11.8 Å². The van der Waals surface area contributed by atoms with Gasteiger partial charge in [0, 0.05) is 19.8 Å². The number of hydrogen-bond acceptors (Lipinski definition) is 3. The summed E-state index contributed by atoms with van der Waals surface area (Å²) in [5, 5.41) is 12.7. The van der Waals surface area contributed by atoms with Crippen LogP contribution >= 0.6 is 0 Å². The zero-order valence-electron chi connectivity index (χ0n) is 10.3. The van der Waals surface area contributed by atoms with E-state index in [1.807, 2.05) is 13.8 Å². The van der Waals surface area contributed by atoms with Gasteiger partial charge in [-0.1, -0.05) is 13.8 Å². The van der Waals surface area contributed by atoms with Crippen LogP contribution in [-0.2, 0) is 11.8 Å². The lowest BCUT2D eigenvalue weighted by atomic mass is 10.2. The lowest BCUT2D eigenvalue weighted by Crippen LogP contribution is -2.38. The van der Waals surface area contributed by atoms with Crippen molar-refractivity contribution in [1.29, 1.82) is 0 Å². The van der Waals surface area contributed by atoms with Gasteiger partial charge in [0.15, 0.2) is 0 Å². The maximum Gasteiger partial charge on any atom is 0.323 e. The molecule has 0 unspecified atom stereocenters. The molecule has 0 radical (unpaired) electrons. The maximum atomic E-state index is 12.0. The Hall–Kier alpha value is -1.85. The number of amides is 1. The van der Waals surface area contributed by atoms with Crippen LogP contribution in [0.4, 0.5) is 0 Å². The molecule has 94 valence electrons. The van der Waals surface area contributed by atoms with E-state index in [0.717, 1.165) is 0 Å². The Balaban J connectivity index is 2.82. The molecule has 17 heavy (non-hydrogen) atoms. The fourth-order valence-corrected chi connectivity index (χ4v) is 1.54. The number of aryl methyl sites for hydroxylation is 1. The molecule has 1 heterocycles. The molecule has 0 fully saturated rings. The van der Waals surface area contributed by atoms with Crippen LogP contribution in [0.15, 0.2) is 12.4 Å². The first-order chi connectivity index (χ1) is 7.90. The number of carboxylic acid groups (broad SMARTS) is 1. The molecule has 6 heteroatoms. The van der Waals surface area contributed by atoms with Gasteiger partial charge in [-0.15, -0.1) is 0 Å². The van der Waals surface area contributed by atoms with Gasteiger partial charge in [0.1, 0.15) is 6.54 Å². The Morgan fingerprint density at radius 3 is 2.59 bits per heavy atom. The number of carbonyl (C=O) groups excluding carboxylic acids is 1. The molecule has 1 aromatic heterocycles. The zero-order chi connectivity index (χ0) is 13.0. The smallest absolute Gasteiger partial charge is 0.323 e. The predicted octanol–water partition coefficient (Wildman–Crippen LogP) is 0.603. The van der Waals surface area contributed by atoms with Crippen molar-refractivity contribution in [3.63, 3.8) is 0 Å². The van der Waals surface area contributed by atoms with Gasteiger partial charge in [-0.25, -0.2) is 0 Å². The minimum absolute atomic E-state index is 0.218. The van der Waals surface area contributed by atoms with Gasteiger partial charge in [-0.05, 0) is 5.92 Å². The minimum Gasteiger partial charge on any atom is -0.480 e. The summed E-state index contributed by atoms with van der Waals surface area (Å²) in [6, 6.07) is 0. The zero-order valence-corrected chi connectivity index (χ0v) is 10.3. The second kappa shape index (κ2) is 5.47. The number of nitrogens with zero attached hydrogens (tertiary/aromatic N) is 3. The standard InChI is InChI=1S/C11H17N3O3/c1-8(2)5-14(7-10(15)16)11(17)9-4-12-13(3)6-9/h4,6,8H,5,7H2,1-3H3,(H,15,16). The van der Waals surface area contributed by atoms with E-state index in [2.05, 4.69) is 5.10 Å². The Labute approximate surface area is 99.8 Å². The van der Waals surface area contributed by atoms with Crippen LogP contribution in [0.3, 0.4) is 0 Å². The Morgan fingerprint density at radius 1 is 1.53 bits per heavy atom. The monoisotopic (exact) mass is 239 g/mol. The van der Waals surface area contributed by atoms with Crippen molar-refractivity contribution in [2.75, 3.05) is 13.1 Å². The highest BCUT2D eigenvalue weighted by Crippen LogP contribution is 2.06. The first-order valence-corrected chi connectivity index (χ1v) is 5.40. The van der Waals surface area contributed by atoms with E-state index in [-0.39, 0.29) is 18.4 Å². The highest BCUT2D eigenvalue weighted by atomic mass is 16.4. The summed E-state index contributed by atoms with van der Waals surface area (Å²) in [5.74, 6) is -1.09. The first-order valence-electron chi connectivity index (χ1n) is 5.40. The van der Waals surface area contributed by atoms with Gasteiger partial charge in [0.2, 0.25) is 0 Å². The molecule has 0 aliphatic carbocycles. The van der Waals surface area contributed by atoms with Crippen LogP contribution in [0.25, 0.3) is 0 Å². The lowest BCUT2D eigenvalue weighted by molar-refractivity contribution is -0.137. The van der Waals surface area contributed by atoms with Crippen LogP contribution in [0.2, 0.25) is 0 Å². The molecule has 0 saturated heterocycles. The number of carbonyl (C=O) groups is 2. The normalized spacial score (nSPS) is 10.6. The van der Waals surface area contributed by atoms with Gasteiger partial charge in [0.25, 0.3) is 5.91 Å². The Morgan fingerprint density at radius 2 is 2.18 bits per heavy atom. The summed E-state index contributed by atoms with van der Waals surface area (Å²) in [7, 11) is 1.71. The van der Waals surface area contributed by atoms with Crippen LogP contribution in [0.5, 0.6) is 0 Å². The quantitative estimate of drug-likeness (QED) is 0.816. The van der Waals surface area contributed by atoms with E-state index < -0.39 is 5.97 Å². The molecule has 0 aromatic carbocycles. The molecule has 0 bridgehead atoms. The van der Waals surface area contributed by atoms with Crippen LogP contribution in [-0.4, -0.2) is 44.8 Å². The van der Waals surface area contributed by atoms with E-state index in [1.165, 1.54) is 15.8 Å². The Bertz CT molecular complexity index is 412. The summed E-state index contributed by atoms with van der Waals surface area (Å²) < 4.78 is 1.52. The second-order valence-electron chi connectivity index (χ2n) is 4.38. The molecule has 0 saturated carbocycles. The van der Waals surface area contributed by atoms with Crippen molar-refractivity contribution in [2.45, 2.75) is 13.8 Å². The first kappa shape index (κ1) is 13.2. The Kier molecular flexibility index (Phi) is 4.25. The van der Waals surface area contributed by atoms with Gasteiger partial charge in [-0.2, -0.15) is 5.10 Å². The predicted molar refractivity (Wildman–Crippen MR) is 61.6 cm³/mol. The molecular weight excluding hydrogens is 222 g/mol. The molecule has 0 spiro atoms. The molecule has 0 aliphatic rings. The lowest BCUT2D eigenvalue weighted by Gasteiger charge is -2.21. The van der Waals surface area contributed by atoms with Crippen molar-refractivity contribution in [1.82, 2.24) is 14.7 Å². The third kappa shape index (κ3) is 3.90. The van der Waals surface area contributed by atoms with E-state index in [9.17, 15) is 9.59 Å². The number of aliphatic carboxylic acids is 1. The van der Waals surface area contributed by atoms with E-state index in [0.29, 0.717) is 12.1 Å². The summed E-state index contributed by atoms with van der Waals surface area (Å²) in [6.07, 6.45) is 3.02. The van der Waals surface area contributed by atoms with Crippen LogP contribution < -0.4 is 0 Å². The average molecular weight is 239 g/mol. The molecule has 1 aromatic rings. The van der Waals surface area contributed by atoms with Crippen molar-refractivity contribution in [3.05, 3.63) is 18.0 Å². The van der Waals surface area contributed by atoms with Crippen molar-refractivity contribution < 1.29 is 14.7 Å². The van der Waals surface area contributed by atoms with E-state index >= 15 is 0 Å². The minimum atomic E-state index is -1.01. The summed E-state index contributed by atoms with van der Waals surface area (Å²) in [4.78, 5) is 24.1. The average Bonchev–Trinajstić information content (AvgIpc) is 2.61. The number of aromatic nitrogens is 2. The molecule has 1 rings (SSSR count). The van der Waals surface area contributed by atoms with Crippen LogP contribution in [0, 0.1) is 5.92 Å². The van der Waals surface area contributed by atoms with Gasteiger partial charge < -0.3 is 10.0 Å². The molecule has 0 atom stereocenters. The number of rotatable bonds is 5. The second-order valence-corrected chi connectivity index (χ2v) is 4.38. The topological polar surface area (TPSA) is 75.4 Å².